The van der Waals surface area contributed by atoms with Crippen molar-refractivity contribution in [2.24, 2.45) is 0 Å². The lowest BCUT2D eigenvalue weighted by Crippen LogP contribution is -2.18. The Morgan fingerprint density at radius 3 is 2.44 bits per heavy atom. The first-order chi connectivity index (χ1) is 12.8. The van der Waals surface area contributed by atoms with E-state index in [1.165, 1.54) is 39.8 Å². The highest BCUT2D eigenvalue weighted by Gasteiger charge is 2.27. The normalized spacial score (nSPS) is 11.2. The van der Waals surface area contributed by atoms with Crippen LogP contribution >= 0.6 is 0 Å². The van der Waals surface area contributed by atoms with Gasteiger partial charge < -0.3 is 24.3 Å². The average Bonchev–Trinajstić information content (AvgIpc) is 3.06. The number of aromatic nitrogens is 2. The molecule has 0 saturated heterocycles. The zero-order chi connectivity index (χ0) is 20.0. The number of nitrogens with one attached hydrogen (secondary N) is 1. The molecule has 0 atom stereocenters. The Kier molecular flexibility index (Phi) is 6.50. The molecule has 27 heavy (non-hydrogen) atoms. The van der Waals surface area contributed by atoms with E-state index in [1.807, 2.05) is 0 Å². The summed E-state index contributed by atoms with van der Waals surface area (Å²) in [6.45, 7) is -1.80. The first-order valence-corrected chi connectivity index (χ1v) is 7.56. The summed E-state index contributed by atoms with van der Waals surface area (Å²) in [7, 11) is 4.24. The fourth-order valence-electron chi connectivity index (χ4n) is 2.23. The second-order valence-corrected chi connectivity index (χ2v) is 5.20. The summed E-state index contributed by atoms with van der Waals surface area (Å²) in [5.74, 6) is 0.295. The Bertz CT molecular complexity index is 792. The Balaban J connectivity index is 2.10. The van der Waals surface area contributed by atoms with Gasteiger partial charge in [0.15, 0.2) is 11.5 Å². The number of methoxy groups -OCH3 is 3. The molecular weight excluding hydrogens is 371 g/mol. The zero-order valence-corrected chi connectivity index (χ0v) is 14.8. The Morgan fingerprint density at radius 1 is 1.15 bits per heavy atom. The van der Waals surface area contributed by atoms with Crippen LogP contribution in [-0.2, 0) is 11.5 Å². The van der Waals surface area contributed by atoms with Crippen LogP contribution in [-0.4, -0.2) is 49.8 Å². The van der Waals surface area contributed by atoms with Crippen molar-refractivity contribution in [3.05, 3.63) is 30.1 Å². The molecule has 0 bridgehead atoms. The van der Waals surface area contributed by atoms with Gasteiger partial charge in [0.25, 0.3) is 5.91 Å². The van der Waals surface area contributed by atoms with E-state index in [4.69, 9.17) is 14.2 Å². The molecule has 8 nitrogen and oxygen atoms in total. The van der Waals surface area contributed by atoms with Gasteiger partial charge in [0.05, 0.1) is 45.0 Å². The minimum atomic E-state index is -4.42. The summed E-state index contributed by atoms with van der Waals surface area (Å²) in [6.07, 6.45) is -1.81. The number of carbonyl (C=O) groups is 1. The topological polar surface area (TPSA) is 83.8 Å². The molecule has 1 aromatic heterocycles. The van der Waals surface area contributed by atoms with Gasteiger partial charge in [0.2, 0.25) is 5.75 Å². The molecule has 0 aliphatic rings. The van der Waals surface area contributed by atoms with E-state index < -0.39 is 25.4 Å². The summed E-state index contributed by atoms with van der Waals surface area (Å²) < 4.78 is 57.4. The molecule has 148 valence electrons. The molecule has 0 spiro atoms. The predicted octanol–water partition coefficient (Wildman–Crippen LogP) is 2.70. The van der Waals surface area contributed by atoms with E-state index in [-0.39, 0.29) is 22.7 Å². The van der Waals surface area contributed by atoms with E-state index in [1.54, 1.807) is 6.07 Å². The van der Waals surface area contributed by atoms with E-state index in [0.717, 1.165) is 4.68 Å². The van der Waals surface area contributed by atoms with Crippen LogP contribution in [0.2, 0.25) is 0 Å². The molecular formula is C16H18F3N3O5. The smallest absolute Gasteiger partial charge is 0.411 e. The van der Waals surface area contributed by atoms with Crippen LogP contribution in [0.5, 0.6) is 17.2 Å². The fourth-order valence-corrected chi connectivity index (χ4v) is 2.23. The van der Waals surface area contributed by atoms with E-state index in [9.17, 15) is 18.0 Å². The van der Waals surface area contributed by atoms with E-state index in [0.29, 0.717) is 5.75 Å². The molecule has 2 rings (SSSR count). The van der Waals surface area contributed by atoms with Gasteiger partial charge >= 0.3 is 6.18 Å². The predicted molar refractivity (Wildman–Crippen MR) is 88.3 cm³/mol. The maximum atomic E-state index is 12.5. The van der Waals surface area contributed by atoms with Gasteiger partial charge in [0, 0.05) is 0 Å². The Hall–Kier alpha value is -2.95. The van der Waals surface area contributed by atoms with Crippen molar-refractivity contribution in [3.63, 3.8) is 0 Å². The van der Waals surface area contributed by atoms with E-state index in [2.05, 4.69) is 15.2 Å². The summed E-state index contributed by atoms with van der Waals surface area (Å²) >= 11 is 0. The van der Waals surface area contributed by atoms with Crippen LogP contribution in [0, 0.1) is 0 Å². The van der Waals surface area contributed by atoms with Crippen molar-refractivity contribution in [3.8, 4) is 17.2 Å². The molecule has 1 N–H and O–H groups in total. The molecule has 0 saturated carbocycles. The number of rotatable bonds is 8. The molecule has 0 radical (unpaired) electrons. The van der Waals surface area contributed by atoms with Crippen molar-refractivity contribution >= 4 is 11.6 Å². The number of benzene rings is 1. The fraction of sp³-hybridized carbons (Fsp3) is 0.375. The summed E-state index contributed by atoms with van der Waals surface area (Å²) in [5, 5.41) is 6.39. The molecule has 0 unspecified atom stereocenters. The molecule has 11 heteroatoms. The summed E-state index contributed by atoms with van der Waals surface area (Å²) in [6, 6.07) is 3.04. The van der Waals surface area contributed by atoms with Crippen molar-refractivity contribution < 1.29 is 36.9 Å². The molecule has 1 heterocycles. The van der Waals surface area contributed by atoms with Crippen molar-refractivity contribution in [1.29, 1.82) is 0 Å². The lowest BCUT2D eigenvalue weighted by atomic mass is 10.1. The molecule has 2 aromatic rings. The third kappa shape index (κ3) is 5.26. The second kappa shape index (κ2) is 8.62. The van der Waals surface area contributed by atoms with E-state index >= 15 is 0 Å². The van der Waals surface area contributed by atoms with Gasteiger partial charge in [-0.1, -0.05) is 0 Å². The minimum Gasteiger partial charge on any atom is -0.493 e. The number of nitrogens with zero attached hydrogens (tertiary/aromatic N) is 2. The highest BCUT2D eigenvalue weighted by Crippen LogP contribution is 2.39. The Labute approximate surface area is 152 Å². The minimum absolute atomic E-state index is 0.176. The van der Waals surface area contributed by atoms with Crippen molar-refractivity contribution in [2.45, 2.75) is 12.9 Å². The van der Waals surface area contributed by atoms with Crippen LogP contribution < -0.4 is 19.5 Å². The number of halogens is 3. The van der Waals surface area contributed by atoms with Gasteiger partial charge in [-0.05, 0) is 12.1 Å². The third-order valence-electron chi connectivity index (χ3n) is 3.33. The van der Waals surface area contributed by atoms with Crippen LogP contribution in [0.3, 0.4) is 0 Å². The third-order valence-corrected chi connectivity index (χ3v) is 3.33. The van der Waals surface area contributed by atoms with Crippen LogP contribution in [0.4, 0.5) is 18.9 Å². The second-order valence-electron chi connectivity index (χ2n) is 5.20. The van der Waals surface area contributed by atoms with Gasteiger partial charge in [-0.2, -0.15) is 18.3 Å². The number of alkyl halides is 3. The van der Waals surface area contributed by atoms with Crippen molar-refractivity contribution in [2.75, 3.05) is 33.3 Å². The SMILES string of the molecule is COc1ccc(C(=O)Nc2cnn(COCC(F)(F)F)c2)c(OC)c1OC. The monoisotopic (exact) mass is 389 g/mol. The number of ether oxygens (including phenoxy) is 4. The zero-order valence-electron chi connectivity index (χ0n) is 14.8. The average molecular weight is 389 g/mol. The van der Waals surface area contributed by atoms with Gasteiger partial charge in [0.1, 0.15) is 13.3 Å². The first kappa shape index (κ1) is 20.4. The van der Waals surface area contributed by atoms with Gasteiger partial charge in [-0.3, -0.25) is 4.79 Å². The van der Waals surface area contributed by atoms with Gasteiger partial charge in [-0.25, -0.2) is 4.68 Å². The van der Waals surface area contributed by atoms with Crippen LogP contribution in [0.15, 0.2) is 24.5 Å². The largest absolute Gasteiger partial charge is 0.493 e. The van der Waals surface area contributed by atoms with Crippen molar-refractivity contribution in [1.82, 2.24) is 9.78 Å². The lowest BCUT2D eigenvalue weighted by molar-refractivity contribution is -0.182. The number of carbonyl (C=O) groups excluding carboxylic acids is 1. The number of hydrogen-bond acceptors (Lipinski definition) is 6. The quantitative estimate of drug-likeness (QED) is 0.748. The molecule has 0 fully saturated rings. The summed E-state index contributed by atoms with van der Waals surface area (Å²) in [5.41, 5.74) is 0.448. The molecule has 1 amide bonds. The van der Waals surface area contributed by atoms with Crippen LogP contribution in [0.1, 0.15) is 10.4 Å². The first-order valence-electron chi connectivity index (χ1n) is 7.56. The van der Waals surface area contributed by atoms with Gasteiger partial charge in [-0.15, -0.1) is 0 Å². The summed E-state index contributed by atoms with van der Waals surface area (Å²) in [4.78, 5) is 12.5. The number of anilines is 1. The standard InChI is InChI=1S/C16H18F3N3O5/c1-24-12-5-4-11(13(25-2)14(12)26-3)15(23)21-10-6-20-22(7-10)9-27-8-16(17,18)19/h4-7H,8-9H2,1-3H3,(H,21,23). The molecule has 0 aliphatic carbocycles. The maximum absolute atomic E-state index is 12.5. The Morgan fingerprint density at radius 2 is 1.85 bits per heavy atom. The lowest BCUT2D eigenvalue weighted by Gasteiger charge is -2.15. The molecule has 0 aliphatic heterocycles. The highest BCUT2D eigenvalue weighted by atomic mass is 19.4. The maximum Gasteiger partial charge on any atom is 0.411 e. The molecule has 1 aromatic carbocycles. The highest BCUT2D eigenvalue weighted by molar-refractivity contribution is 6.06. The number of hydrogen-bond donors (Lipinski definition) is 1. The van der Waals surface area contributed by atoms with Crippen LogP contribution in [0.25, 0.3) is 0 Å². The number of amides is 1.